The van der Waals surface area contributed by atoms with Gasteiger partial charge in [-0.1, -0.05) is 73.8 Å². The van der Waals surface area contributed by atoms with Crippen molar-refractivity contribution < 1.29 is 22.5 Å². The Morgan fingerprint density at radius 3 is 2.49 bits per heavy atom. The van der Waals surface area contributed by atoms with Crippen molar-refractivity contribution in [3.8, 4) is 11.1 Å². The largest absolute Gasteiger partial charge is 0.337 e. The maximum absolute atomic E-state index is 13.9. The Bertz CT molecular complexity index is 2000. The number of hydrogen-bond acceptors (Lipinski definition) is 8. The predicted octanol–water partition coefficient (Wildman–Crippen LogP) is 6.67. The van der Waals surface area contributed by atoms with Crippen molar-refractivity contribution in [1.29, 1.82) is 0 Å². The van der Waals surface area contributed by atoms with Crippen LogP contribution in [0.15, 0.2) is 81.3 Å². The number of pyridine rings is 1. The molecule has 0 bridgehead atoms. The molecule has 2 aromatic carbocycles. The van der Waals surface area contributed by atoms with Gasteiger partial charge in [-0.2, -0.15) is 0 Å². The zero-order valence-electron chi connectivity index (χ0n) is 28.4. The van der Waals surface area contributed by atoms with E-state index < -0.39 is 15.6 Å². The Labute approximate surface area is 287 Å². The van der Waals surface area contributed by atoms with E-state index in [-0.39, 0.29) is 29.1 Å². The number of sulfonamides is 1. The minimum Gasteiger partial charge on any atom is -0.337 e. The number of hydrogen-bond donors (Lipinski definition) is 1. The van der Waals surface area contributed by atoms with Crippen molar-refractivity contribution in [2.75, 3.05) is 11.8 Å². The molecule has 1 fully saturated rings. The second-order valence-electron chi connectivity index (χ2n) is 13.0. The Morgan fingerprint density at radius 2 is 1.80 bits per heavy atom. The molecule has 12 heteroatoms. The van der Waals surface area contributed by atoms with Gasteiger partial charge in [0.15, 0.2) is 0 Å². The van der Waals surface area contributed by atoms with Crippen LogP contribution in [0.4, 0.5) is 5.88 Å². The van der Waals surface area contributed by atoms with Crippen LogP contribution in [0.25, 0.3) is 11.1 Å². The van der Waals surface area contributed by atoms with Gasteiger partial charge >= 0.3 is 0 Å². The van der Waals surface area contributed by atoms with E-state index in [1.807, 2.05) is 23.1 Å². The summed E-state index contributed by atoms with van der Waals surface area (Å²) in [6, 6.07) is 17.6. The number of aromatic nitrogens is 2. The van der Waals surface area contributed by atoms with Crippen molar-refractivity contribution in [3.05, 3.63) is 94.9 Å². The maximum Gasteiger partial charge on any atom is 0.272 e. The molecule has 1 spiro atoms. The first-order valence-electron chi connectivity index (χ1n) is 16.8. The molecule has 0 unspecified atom stereocenters. The van der Waals surface area contributed by atoms with Crippen molar-refractivity contribution in [2.45, 2.75) is 89.2 Å². The molecule has 0 radical (unpaired) electrons. The van der Waals surface area contributed by atoms with Gasteiger partial charge in [0, 0.05) is 37.3 Å². The average molecular weight is 683 g/mol. The number of amidine groups is 1. The minimum atomic E-state index is -4.11. The lowest BCUT2D eigenvalue weighted by molar-refractivity contribution is -0.131. The van der Waals surface area contributed by atoms with E-state index in [0.717, 1.165) is 56.3 Å². The number of aliphatic imine (C=N–C) groups is 1. The van der Waals surface area contributed by atoms with E-state index >= 15 is 0 Å². The van der Waals surface area contributed by atoms with E-state index in [0.29, 0.717) is 40.2 Å². The second kappa shape index (κ2) is 13.9. The Hall–Kier alpha value is -4.84. The van der Waals surface area contributed by atoms with Gasteiger partial charge in [-0.05, 0) is 68.0 Å². The van der Waals surface area contributed by atoms with E-state index in [9.17, 15) is 18.0 Å². The van der Waals surface area contributed by atoms with Gasteiger partial charge in [0.1, 0.15) is 17.1 Å². The van der Waals surface area contributed by atoms with Gasteiger partial charge in [0.2, 0.25) is 5.88 Å². The first-order chi connectivity index (χ1) is 23.5. The van der Waals surface area contributed by atoms with Gasteiger partial charge in [-0.15, -0.1) is 0 Å². The molecule has 3 heterocycles. The van der Waals surface area contributed by atoms with Crippen LogP contribution < -0.4 is 4.72 Å². The fourth-order valence-electron chi connectivity index (χ4n) is 6.64. The number of rotatable bonds is 12. The molecular formula is C37H42N6O5S. The van der Waals surface area contributed by atoms with Crippen LogP contribution in [0.3, 0.4) is 0 Å². The molecule has 49 heavy (non-hydrogen) atoms. The van der Waals surface area contributed by atoms with Gasteiger partial charge in [0.25, 0.3) is 21.8 Å². The highest BCUT2D eigenvalue weighted by Crippen LogP contribution is 2.40. The first-order valence-corrected chi connectivity index (χ1v) is 18.3. The number of unbranched alkanes of at least 4 members (excludes halogenated alkanes) is 1. The fourth-order valence-corrected chi connectivity index (χ4v) is 7.91. The number of carbonyl (C=O) groups is 2. The molecule has 6 rings (SSSR count). The Balaban J connectivity index is 1.39. The third-order valence-corrected chi connectivity index (χ3v) is 10.9. The lowest BCUT2D eigenvalue weighted by atomic mass is 9.96. The SMILES string of the molecule is CCCCC1=NC2(CCCC2)C(=O)N1Cc1ccc(-c2ccccc2S(=O)(=O)Nc2onc(C)c2C)c(CN(C)C(=O)c2ccccn2)c1. The van der Waals surface area contributed by atoms with Gasteiger partial charge < -0.3 is 9.42 Å². The van der Waals surface area contributed by atoms with E-state index in [1.54, 1.807) is 68.4 Å². The lowest BCUT2D eigenvalue weighted by Crippen LogP contribution is -2.40. The summed E-state index contributed by atoms with van der Waals surface area (Å²) < 4.78 is 35.5. The summed E-state index contributed by atoms with van der Waals surface area (Å²) in [5.41, 5.74) is 3.49. The lowest BCUT2D eigenvalue weighted by Gasteiger charge is -2.24. The number of carbonyl (C=O) groups excluding carboxylic acids is 2. The van der Waals surface area contributed by atoms with Crippen LogP contribution in [0.5, 0.6) is 0 Å². The minimum absolute atomic E-state index is 0.0445. The number of nitrogens with zero attached hydrogens (tertiary/aromatic N) is 5. The third kappa shape index (κ3) is 6.87. The topological polar surface area (TPSA) is 138 Å². The normalized spacial score (nSPS) is 15.6. The van der Waals surface area contributed by atoms with E-state index in [1.165, 1.54) is 6.07 Å². The van der Waals surface area contributed by atoms with Crippen LogP contribution >= 0.6 is 0 Å². The fraction of sp³-hybridized carbons (Fsp3) is 0.378. The molecule has 2 amide bonds. The maximum atomic E-state index is 13.9. The molecule has 1 aliphatic carbocycles. The summed E-state index contributed by atoms with van der Waals surface area (Å²) in [6.45, 7) is 6.10. The summed E-state index contributed by atoms with van der Waals surface area (Å²) >= 11 is 0. The molecule has 0 atom stereocenters. The summed E-state index contributed by atoms with van der Waals surface area (Å²) in [6.07, 6.45) is 7.77. The summed E-state index contributed by atoms with van der Waals surface area (Å²) in [4.78, 5) is 40.0. The van der Waals surface area contributed by atoms with Crippen LogP contribution in [0, 0.1) is 13.8 Å². The van der Waals surface area contributed by atoms with Gasteiger partial charge in [0.05, 0.1) is 17.1 Å². The summed E-state index contributed by atoms with van der Waals surface area (Å²) in [7, 11) is -2.42. The first kappa shape index (κ1) is 34.0. The zero-order chi connectivity index (χ0) is 34.8. The number of aryl methyl sites for hydroxylation is 1. The molecule has 1 saturated carbocycles. The molecule has 4 aromatic rings. The monoisotopic (exact) mass is 682 g/mol. The van der Waals surface area contributed by atoms with Crippen molar-refractivity contribution in [1.82, 2.24) is 19.9 Å². The smallest absolute Gasteiger partial charge is 0.272 e. The van der Waals surface area contributed by atoms with Crippen LogP contribution in [0.1, 0.15) is 84.7 Å². The highest BCUT2D eigenvalue weighted by atomic mass is 32.2. The quantitative estimate of drug-likeness (QED) is 0.176. The predicted molar refractivity (Wildman–Crippen MR) is 187 cm³/mol. The van der Waals surface area contributed by atoms with Crippen molar-refractivity contribution >= 4 is 33.6 Å². The molecule has 1 N–H and O–H groups in total. The number of benzene rings is 2. The Morgan fingerprint density at radius 1 is 1.04 bits per heavy atom. The molecule has 2 aromatic heterocycles. The van der Waals surface area contributed by atoms with Crippen molar-refractivity contribution in [3.63, 3.8) is 0 Å². The zero-order valence-corrected chi connectivity index (χ0v) is 29.2. The average Bonchev–Trinajstić information content (AvgIpc) is 3.78. The highest BCUT2D eigenvalue weighted by molar-refractivity contribution is 7.92. The number of nitrogens with one attached hydrogen (secondary N) is 1. The van der Waals surface area contributed by atoms with E-state index in [2.05, 4.69) is 21.8 Å². The van der Waals surface area contributed by atoms with Crippen molar-refractivity contribution in [2.24, 2.45) is 4.99 Å². The molecule has 0 saturated heterocycles. The molecule has 11 nitrogen and oxygen atoms in total. The summed E-state index contributed by atoms with van der Waals surface area (Å²) in [5.74, 6) is 0.675. The molecule has 256 valence electrons. The van der Waals surface area contributed by atoms with Crippen LogP contribution in [0.2, 0.25) is 0 Å². The van der Waals surface area contributed by atoms with Gasteiger partial charge in [-0.3, -0.25) is 24.5 Å². The summed E-state index contributed by atoms with van der Waals surface area (Å²) in [5, 5.41) is 3.88. The third-order valence-electron chi connectivity index (χ3n) is 9.48. The van der Waals surface area contributed by atoms with E-state index in [4.69, 9.17) is 9.52 Å². The van der Waals surface area contributed by atoms with Crippen LogP contribution in [-0.4, -0.2) is 58.6 Å². The van der Waals surface area contributed by atoms with Crippen LogP contribution in [-0.2, 0) is 27.9 Å². The number of anilines is 1. The Kier molecular flexibility index (Phi) is 9.69. The number of amides is 2. The molecular weight excluding hydrogens is 641 g/mol. The second-order valence-corrected chi connectivity index (χ2v) is 14.6. The molecule has 1 aliphatic heterocycles. The standard InChI is InChI=1S/C37H42N6O5S/c1-5-6-16-33-39-37(19-10-11-20-37)36(45)43(33)23-27-17-18-29(28(22-27)24-42(4)35(44)31-14-9-12-21-38-31)30-13-7-8-15-32(30)49(46,47)41-34-25(2)26(3)40-48-34/h7-9,12-15,17-18,21-22,41H,5-6,10-11,16,19-20,23-24H2,1-4H3. The highest BCUT2D eigenvalue weighted by Gasteiger charge is 2.49. The van der Waals surface area contributed by atoms with Gasteiger partial charge in [-0.25, -0.2) is 13.1 Å². The molecule has 2 aliphatic rings.